The molecule has 1 fully saturated rings. The number of hydrogen-bond acceptors (Lipinski definition) is 2. The maximum atomic E-state index is 10.9. The molecule has 1 unspecified atom stereocenters. The summed E-state index contributed by atoms with van der Waals surface area (Å²) >= 11 is 0. The van der Waals surface area contributed by atoms with E-state index in [0.717, 1.165) is 19.4 Å². The minimum Gasteiger partial charge on any atom is -0.356 e. The first kappa shape index (κ1) is 8.04. The third kappa shape index (κ3) is 2.57. The Morgan fingerprint density at radius 1 is 1.64 bits per heavy atom. The van der Waals surface area contributed by atoms with Gasteiger partial charge in [-0.25, -0.2) is 0 Å². The molecular weight excluding hydrogens is 144 g/mol. The zero-order valence-electron chi connectivity index (χ0n) is 6.30. The van der Waals surface area contributed by atoms with Gasteiger partial charge in [-0.3, -0.25) is 9.59 Å². The summed E-state index contributed by atoms with van der Waals surface area (Å²) in [6.45, 7) is 0.732. The van der Waals surface area contributed by atoms with Crippen molar-refractivity contribution >= 4 is 12.3 Å². The first-order valence-electron chi connectivity index (χ1n) is 3.79. The van der Waals surface area contributed by atoms with Gasteiger partial charge in [0.05, 0.1) is 0 Å². The molecule has 0 spiro atoms. The van der Waals surface area contributed by atoms with Crippen molar-refractivity contribution in [2.75, 3.05) is 6.54 Å². The van der Waals surface area contributed by atoms with Gasteiger partial charge in [-0.2, -0.15) is 0 Å². The Morgan fingerprint density at radius 3 is 3.18 bits per heavy atom. The number of carbonyl (C=O) groups is 2. The fourth-order valence-corrected chi connectivity index (χ4v) is 1.21. The van der Waals surface area contributed by atoms with E-state index in [-0.39, 0.29) is 11.9 Å². The molecule has 62 valence electrons. The molecule has 1 rings (SSSR count). The molecule has 2 amide bonds. The highest BCUT2D eigenvalue weighted by atomic mass is 16.1. The molecule has 1 aliphatic heterocycles. The SMILES string of the molecule is O=CNC1CCCNC(=O)C1. The van der Waals surface area contributed by atoms with E-state index in [9.17, 15) is 9.59 Å². The standard InChI is InChI=1S/C7H12N2O2/c10-5-9-6-2-1-3-8-7(11)4-6/h5-6H,1-4H2,(H,8,11)(H,9,10). The van der Waals surface area contributed by atoms with Crippen molar-refractivity contribution in [1.29, 1.82) is 0 Å². The average Bonchev–Trinajstić information content (AvgIpc) is 2.15. The van der Waals surface area contributed by atoms with Crippen LogP contribution in [-0.2, 0) is 9.59 Å². The maximum Gasteiger partial charge on any atom is 0.222 e. The minimum atomic E-state index is 0.0295. The van der Waals surface area contributed by atoms with E-state index >= 15 is 0 Å². The summed E-state index contributed by atoms with van der Waals surface area (Å²) in [5.41, 5.74) is 0. The summed E-state index contributed by atoms with van der Waals surface area (Å²) in [5, 5.41) is 5.35. The fraction of sp³-hybridized carbons (Fsp3) is 0.714. The third-order valence-electron chi connectivity index (χ3n) is 1.79. The Hall–Kier alpha value is -1.06. The van der Waals surface area contributed by atoms with E-state index in [1.807, 2.05) is 0 Å². The van der Waals surface area contributed by atoms with Gasteiger partial charge in [0.25, 0.3) is 0 Å². The zero-order chi connectivity index (χ0) is 8.10. The number of amides is 2. The molecule has 0 aliphatic carbocycles. The second kappa shape index (κ2) is 3.95. The van der Waals surface area contributed by atoms with Gasteiger partial charge < -0.3 is 10.6 Å². The number of hydrogen-bond donors (Lipinski definition) is 2. The predicted molar refractivity (Wildman–Crippen MR) is 39.8 cm³/mol. The van der Waals surface area contributed by atoms with E-state index in [2.05, 4.69) is 10.6 Å². The van der Waals surface area contributed by atoms with E-state index in [0.29, 0.717) is 12.8 Å². The molecule has 4 nitrogen and oxygen atoms in total. The van der Waals surface area contributed by atoms with Crippen LogP contribution in [0.1, 0.15) is 19.3 Å². The Labute approximate surface area is 65.3 Å². The van der Waals surface area contributed by atoms with Crippen LogP contribution in [-0.4, -0.2) is 24.9 Å². The predicted octanol–water partition coefficient (Wildman–Crippen LogP) is -0.599. The molecule has 0 aromatic carbocycles. The van der Waals surface area contributed by atoms with Crippen molar-refractivity contribution in [3.8, 4) is 0 Å². The summed E-state index contributed by atoms with van der Waals surface area (Å²) in [6.07, 6.45) is 2.90. The van der Waals surface area contributed by atoms with Gasteiger partial charge in [-0.15, -0.1) is 0 Å². The van der Waals surface area contributed by atoms with Crippen molar-refractivity contribution < 1.29 is 9.59 Å². The van der Waals surface area contributed by atoms with Gasteiger partial charge in [0.1, 0.15) is 0 Å². The average molecular weight is 156 g/mol. The molecule has 0 bridgehead atoms. The molecule has 0 aromatic rings. The quantitative estimate of drug-likeness (QED) is 0.524. The largest absolute Gasteiger partial charge is 0.356 e. The summed E-state index contributed by atoms with van der Waals surface area (Å²) in [4.78, 5) is 21.0. The topological polar surface area (TPSA) is 58.2 Å². The second-order valence-corrected chi connectivity index (χ2v) is 2.68. The van der Waals surface area contributed by atoms with Crippen LogP contribution in [0.5, 0.6) is 0 Å². The van der Waals surface area contributed by atoms with Gasteiger partial charge >= 0.3 is 0 Å². The summed E-state index contributed by atoms with van der Waals surface area (Å²) in [7, 11) is 0. The molecule has 0 aromatic heterocycles. The van der Waals surface area contributed by atoms with E-state index in [1.165, 1.54) is 0 Å². The van der Waals surface area contributed by atoms with Crippen LogP contribution < -0.4 is 10.6 Å². The molecule has 2 N–H and O–H groups in total. The monoisotopic (exact) mass is 156 g/mol. The highest BCUT2D eigenvalue weighted by Crippen LogP contribution is 2.04. The molecule has 4 heteroatoms. The van der Waals surface area contributed by atoms with Gasteiger partial charge in [0.2, 0.25) is 12.3 Å². The first-order valence-corrected chi connectivity index (χ1v) is 3.79. The zero-order valence-corrected chi connectivity index (χ0v) is 6.30. The van der Waals surface area contributed by atoms with Gasteiger partial charge in [-0.1, -0.05) is 0 Å². The lowest BCUT2D eigenvalue weighted by atomic mass is 10.1. The smallest absolute Gasteiger partial charge is 0.222 e. The van der Waals surface area contributed by atoms with Crippen LogP contribution in [0.25, 0.3) is 0 Å². The molecule has 1 atom stereocenters. The molecule has 1 saturated heterocycles. The molecule has 11 heavy (non-hydrogen) atoms. The van der Waals surface area contributed by atoms with Crippen LogP contribution in [0.4, 0.5) is 0 Å². The van der Waals surface area contributed by atoms with Crippen LogP contribution in [0, 0.1) is 0 Å². The van der Waals surface area contributed by atoms with E-state index in [4.69, 9.17) is 0 Å². The van der Waals surface area contributed by atoms with Gasteiger partial charge in [-0.05, 0) is 12.8 Å². The first-order chi connectivity index (χ1) is 5.33. The van der Waals surface area contributed by atoms with Gasteiger partial charge in [0.15, 0.2) is 0 Å². The second-order valence-electron chi connectivity index (χ2n) is 2.68. The molecule has 1 heterocycles. The van der Waals surface area contributed by atoms with Crippen LogP contribution in [0.2, 0.25) is 0 Å². The molecule has 0 saturated carbocycles. The third-order valence-corrected chi connectivity index (χ3v) is 1.79. The highest BCUT2D eigenvalue weighted by Gasteiger charge is 2.15. The van der Waals surface area contributed by atoms with Crippen LogP contribution in [0.15, 0.2) is 0 Å². The molecule has 1 aliphatic rings. The van der Waals surface area contributed by atoms with Crippen molar-refractivity contribution in [2.24, 2.45) is 0 Å². The van der Waals surface area contributed by atoms with Crippen LogP contribution in [0.3, 0.4) is 0 Å². The Kier molecular flexibility index (Phi) is 2.89. The Balaban J connectivity index is 2.38. The van der Waals surface area contributed by atoms with E-state index < -0.39 is 0 Å². The molecular formula is C7H12N2O2. The maximum absolute atomic E-state index is 10.9. The lowest BCUT2D eigenvalue weighted by molar-refractivity contribution is -0.121. The number of carbonyl (C=O) groups excluding carboxylic acids is 2. The Morgan fingerprint density at radius 2 is 2.45 bits per heavy atom. The summed E-state index contributed by atoms with van der Waals surface area (Å²) in [5.74, 6) is 0.0295. The van der Waals surface area contributed by atoms with Crippen molar-refractivity contribution in [1.82, 2.24) is 10.6 Å². The normalized spacial score (nSPS) is 25.1. The highest BCUT2D eigenvalue weighted by molar-refractivity contribution is 5.77. The van der Waals surface area contributed by atoms with Gasteiger partial charge in [0, 0.05) is 19.0 Å². The number of rotatable bonds is 2. The Bertz CT molecular complexity index is 159. The minimum absolute atomic E-state index is 0.0295. The lowest BCUT2D eigenvalue weighted by Crippen LogP contribution is -2.31. The van der Waals surface area contributed by atoms with Crippen molar-refractivity contribution in [3.05, 3.63) is 0 Å². The van der Waals surface area contributed by atoms with E-state index in [1.54, 1.807) is 0 Å². The molecule has 0 radical (unpaired) electrons. The van der Waals surface area contributed by atoms with Crippen LogP contribution >= 0.6 is 0 Å². The number of nitrogens with one attached hydrogen (secondary N) is 2. The van der Waals surface area contributed by atoms with Crippen molar-refractivity contribution in [3.63, 3.8) is 0 Å². The lowest BCUT2D eigenvalue weighted by Gasteiger charge is -2.09. The summed E-state index contributed by atoms with van der Waals surface area (Å²) in [6, 6.07) is 0.0370. The summed E-state index contributed by atoms with van der Waals surface area (Å²) < 4.78 is 0. The van der Waals surface area contributed by atoms with Crippen molar-refractivity contribution in [2.45, 2.75) is 25.3 Å². The fourth-order valence-electron chi connectivity index (χ4n) is 1.21.